The number of carbonyl (C=O) groups is 2. The molecule has 0 saturated carbocycles. The molecule has 0 saturated heterocycles. The number of carboxylic acid groups (broad SMARTS) is 2. The Morgan fingerprint density at radius 1 is 0.756 bits per heavy atom. The Bertz CT molecular complexity index is 1410. The third-order valence-corrected chi connectivity index (χ3v) is 6.40. The van der Waals surface area contributed by atoms with Gasteiger partial charge in [0.25, 0.3) is 0 Å². The summed E-state index contributed by atoms with van der Waals surface area (Å²) in [6.07, 6.45) is -12.5. The highest BCUT2D eigenvalue weighted by molar-refractivity contribution is 6.31. The number of alkyl halides is 6. The Morgan fingerprint density at radius 3 is 1.61 bits per heavy atom. The van der Waals surface area contributed by atoms with Crippen LogP contribution < -0.4 is 9.47 Å². The topological polar surface area (TPSA) is 93.1 Å². The molecule has 2 aromatic carbocycles. The van der Waals surface area contributed by atoms with Crippen LogP contribution in [0, 0.1) is 0 Å². The Kier molecular flexibility index (Phi) is 9.07. The first-order valence-corrected chi connectivity index (χ1v) is 12.5. The van der Waals surface area contributed by atoms with Gasteiger partial charge >= 0.3 is 24.3 Å². The Morgan fingerprint density at radius 2 is 1.20 bits per heavy atom. The Balaban J connectivity index is 0.000000226. The van der Waals surface area contributed by atoms with E-state index in [4.69, 9.17) is 31.3 Å². The predicted octanol–water partition coefficient (Wildman–Crippen LogP) is 7.86. The van der Waals surface area contributed by atoms with Crippen molar-refractivity contribution >= 4 is 35.7 Å². The van der Waals surface area contributed by atoms with E-state index in [9.17, 15) is 35.9 Å². The van der Waals surface area contributed by atoms with Gasteiger partial charge in [-0.2, -0.15) is 26.3 Å². The summed E-state index contributed by atoms with van der Waals surface area (Å²) < 4.78 is 87.8. The first-order valence-electron chi connectivity index (χ1n) is 12.2. The van der Waals surface area contributed by atoms with Gasteiger partial charge in [0.15, 0.2) is 0 Å². The lowest BCUT2D eigenvalue weighted by atomic mass is 9.94. The van der Waals surface area contributed by atoms with Crippen molar-refractivity contribution in [3.05, 3.63) is 68.8 Å². The maximum atomic E-state index is 13.0. The maximum absolute atomic E-state index is 13.0. The first kappa shape index (κ1) is 31.9. The van der Waals surface area contributed by atoms with E-state index in [1.807, 2.05) is 13.8 Å². The minimum atomic E-state index is -4.81. The quantitative estimate of drug-likeness (QED) is 0.344. The molecule has 0 spiro atoms. The average Bonchev–Trinajstić information content (AvgIpc) is 2.85. The van der Waals surface area contributed by atoms with Gasteiger partial charge in [-0.3, -0.25) is 0 Å². The van der Waals surface area contributed by atoms with Crippen molar-refractivity contribution in [2.24, 2.45) is 0 Å². The van der Waals surface area contributed by atoms with Crippen molar-refractivity contribution in [1.82, 2.24) is 0 Å². The van der Waals surface area contributed by atoms with Gasteiger partial charge in [0, 0.05) is 16.1 Å². The number of carboxylic acids is 2. The molecule has 2 aromatic rings. The van der Waals surface area contributed by atoms with Gasteiger partial charge in [0.05, 0.1) is 11.1 Å². The fourth-order valence-electron chi connectivity index (χ4n) is 4.27. The molecule has 0 aliphatic carbocycles. The molecule has 0 amide bonds. The van der Waals surface area contributed by atoms with Crippen molar-refractivity contribution < 1.29 is 55.6 Å². The number of benzene rings is 2. The monoisotopic (exact) mass is 606 g/mol. The number of aliphatic carboxylic acids is 2. The molecule has 2 aliphatic heterocycles. The summed E-state index contributed by atoms with van der Waals surface area (Å²) in [6, 6.07) is 7.80. The molecule has 0 bridgehead atoms. The van der Waals surface area contributed by atoms with Crippen molar-refractivity contribution in [3.8, 4) is 11.5 Å². The van der Waals surface area contributed by atoms with Crippen LogP contribution in [0.1, 0.15) is 61.8 Å². The number of hydrogen-bond donors (Lipinski definition) is 2. The van der Waals surface area contributed by atoms with E-state index < -0.39 is 47.6 Å². The van der Waals surface area contributed by atoms with Crippen LogP contribution in [0.25, 0.3) is 12.2 Å². The molecular formula is C28H25ClF6O6. The van der Waals surface area contributed by atoms with E-state index in [2.05, 4.69) is 0 Å². The third-order valence-electron chi connectivity index (χ3n) is 6.18. The normalized spacial score (nSPS) is 18.2. The Hall–Kier alpha value is -3.67. The van der Waals surface area contributed by atoms with Gasteiger partial charge in [-0.05, 0) is 47.2 Å². The molecule has 41 heavy (non-hydrogen) atoms. The summed E-state index contributed by atoms with van der Waals surface area (Å²) in [4.78, 5) is 22.0. The van der Waals surface area contributed by atoms with Crippen molar-refractivity contribution in [2.45, 2.75) is 64.1 Å². The van der Waals surface area contributed by atoms with Gasteiger partial charge in [-0.1, -0.05) is 57.5 Å². The van der Waals surface area contributed by atoms with E-state index >= 15 is 0 Å². The number of para-hydroxylation sites is 1. The van der Waals surface area contributed by atoms with Gasteiger partial charge in [0.1, 0.15) is 11.5 Å². The smallest absolute Gasteiger partial charge is 0.430 e. The van der Waals surface area contributed by atoms with Crippen LogP contribution in [0.4, 0.5) is 26.3 Å². The Labute approximate surface area is 235 Å². The molecule has 2 aliphatic rings. The third kappa shape index (κ3) is 6.98. The number of rotatable bonds is 4. The minimum Gasteiger partial charge on any atom is -0.478 e. The second kappa shape index (κ2) is 11.7. The zero-order valence-electron chi connectivity index (χ0n) is 22.0. The largest absolute Gasteiger partial charge is 0.478 e. The lowest BCUT2D eigenvalue weighted by Crippen LogP contribution is -2.40. The molecule has 4 rings (SSSR count). The summed E-state index contributed by atoms with van der Waals surface area (Å²) in [5.74, 6) is -3.32. The summed E-state index contributed by atoms with van der Waals surface area (Å²) in [7, 11) is 0. The molecule has 6 nitrogen and oxygen atoms in total. The van der Waals surface area contributed by atoms with Gasteiger partial charge < -0.3 is 19.7 Å². The number of hydrogen-bond acceptors (Lipinski definition) is 4. The van der Waals surface area contributed by atoms with Crippen LogP contribution >= 0.6 is 11.6 Å². The van der Waals surface area contributed by atoms with E-state index in [0.717, 1.165) is 12.2 Å². The van der Waals surface area contributed by atoms with Crippen molar-refractivity contribution in [2.75, 3.05) is 0 Å². The number of halogens is 7. The molecule has 13 heteroatoms. The first-order chi connectivity index (χ1) is 18.8. The van der Waals surface area contributed by atoms with Crippen LogP contribution in [-0.4, -0.2) is 46.7 Å². The number of ether oxygens (including phenoxy) is 2. The maximum Gasteiger partial charge on any atom is 0.430 e. The molecule has 0 fully saturated rings. The summed E-state index contributed by atoms with van der Waals surface area (Å²) in [5.41, 5.74) is 0.0703. The summed E-state index contributed by atoms with van der Waals surface area (Å²) in [6.45, 7) is 7.23. The van der Waals surface area contributed by atoms with Crippen LogP contribution in [0.15, 0.2) is 41.5 Å². The highest BCUT2D eigenvalue weighted by atomic mass is 35.5. The van der Waals surface area contributed by atoms with E-state index in [0.29, 0.717) is 21.7 Å². The van der Waals surface area contributed by atoms with Crippen molar-refractivity contribution in [1.29, 1.82) is 0 Å². The van der Waals surface area contributed by atoms with Crippen LogP contribution in [0.3, 0.4) is 0 Å². The number of fused-ring (bicyclic) bond motifs is 2. The highest BCUT2D eigenvalue weighted by Gasteiger charge is 2.50. The SMILES string of the molecule is CC(C)c1cc(Cl)cc2c1OC(C(F)(F)F)C(C(=O)O)=C2.CC(C)c1cccc2c1OC(C(F)(F)F)C(C(=O)O)=C2. The molecular weight excluding hydrogens is 582 g/mol. The lowest BCUT2D eigenvalue weighted by molar-refractivity contribution is -0.187. The lowest BCUT2D eigenvalue weighted by Gasteiger charge is -2.29. The van der Waals surface area contributed by atoms with Gasteiger partial charge in [-0.15, -0.1) is 0 Å². The minimum absolute atomic E-state index is 0.0291. The fourth-order valence-corrected chi connectivity index (χ4v) is 4.50. The second-order valence-electron chi connectivity index (χ2n) is 9.88. The second-order valence-corrected chi connectivity index (χ2v) is 10.3. The van der Waals surface area contributed by atoms with Crippen LogP contribution in [0.5, 0.6) is 11.5 Å². The fraction of sp³-hybridized carbons (Fsp3) is 0.357. The van der Waals surface area contributed by atoms with Crippen LogP contribution in [0.2, 0.25) is 5.02 Å². The summed E-state index contributed by atoms with van der Waals surface area (Å²) in [5, 5.41) is 18.2. The highest BCUT2D eigenvalue weighted by Crippen LogP contribution is 2.43. The molecule has 2 unspecified atom stereocenters. The zero-order chi connectivity index (χ0) is 31.0. The zero-order valence-corrected chi connectivity index (χ0v) is 22.8. The van der Waals surface area contributed by atoms with E-state index in [1.165, 1.54) is 18.2 Å². The van der Waals surface area contributed by atoms with Gasteiger partial charge in [0.2, 0.25) is 12.2 Å². The van der Waals surface area contributed by atoms with Gasteiger partial charge in [-0.25, -0.2) is 9.59 Å². The molecule has 0 aromatic heterocycles. The standard InChI is InChI=1S/C14H12ClF3O3.C14H13F3O3/c1-6(2)9-5-8(15)3-7-4-10(13(19)20)12(14(16,17)18)21-11(7)9;1-7(2)9-5-3-4-8-6-10(13(18)19)12(14(15,16)17)20-11(8)9/h3-6,12H,1-2H3,(H,19,20);3-7,12H,1-2H3,(H,18,19). The molecule has 2 atom stereocenters. The van der Waals surface area contributed by atoms with Crippen molar-refractivity contribution in [3.63, 3.8) is 0 Å². The molecule has 222 valence electrons. The molecule has 2 heterocycles. The predicted molar refractivity (Wildman–Crippen MR) is 138 cm³/mol. The molecule has 0 radical (unpaired) electrons. The average molecular weight is 607 g/mol. The van der Waals surface area contributed by atoms with Crippen LogP contribution in [-0.2, 0) is 9.59 Å². The van der Waals surface area contributed by atoms with E-state index in [1.54, 1.807) is 26.0 Å². The van der Waals surface area contributed by atoms with E-state index in [-0.39, 0.29) is 28.9 Å². The molecule has 2 N–H and O–H groups in total. The summed E-state index contributed by atoms with van der Waals surface area (Å²) >= 11 is 5.93.